The maximum Gasteiger partial charge on any atom is 0.335 e. The van der Waals surface area contributed by atoms with Crippen LogP contribution in [0.3, 0.4) is 0 Å². The third kappa shape index (κ3) is 7.95. The maximum absolute atomic E-state index is 12.5. The molecule has 1 aromatic heterocycles. The van der Waals surface area contributed by atoms with Gasteiger partial charge in [-0.05, 0) is 78.4 Å². The number of oxazole rings is 1. The molecule has 0 N–H and O–H groups in total. The summed E-state index contributed by atoms with van der Waals surface area (Å²) in [6.45, 7) is 12.7. The lowest BCUT2D eigenvalue weighted by Crippen LogP contribution is -2.35. The molecule has 34 heavy (non-hydrogen) atoms. The van der Waals surface area contributed by atoms with E-state index in [-0.39, 0.29) is 12.1 Å². The molecule has 1 heterocycles. The average molecular weight is 472 g/mol. The Balaban J connectivity index is 1.50. The Morgan fingerprint density at radius 2 is 1.91 bits per heavy atom. The summed E-state index contributed by atoms with van der Waals surface area (Å²) in [5, 5.41) is 0. The zero-order valence-electron chi connectivity index (χ0n) is 21.7. The minimum absolute atomic E-state index is 0.160. The highest BCUT2D eigenvalue weighted by atomic mass is 16.6. The predicted molar refractivity (Wildman–Crippen MR) is 132 cm³/mol. The molecule has 0 spiro atoms. The van der Waals surface area contributed by atoms with Gasteiger partial charge in [-0.3, -0.25) is 0 Å². The number of rotatable bonds is 10. The quantitative estimate of drug-likeness (QED) is 0.365. The van der Waals surface area contributed by atoms with Crippen LogP contribution < -0.4 is 0 Å². The molecule has 1 aliphatic carbocycles. The second kappa shape index (κ2) is 12.0. The van der Waals surface area contributed by atoms with Crippen molar-refractivity contribution in [1.29, 1.82) is 0 Å². The van der Waals surface area contributed by atoms with E-state index in [1.807, 2.05) is 39.8 Å². The van der Waals surface area contributed by atoms with Crippen molar-refractivity contribution in [2.24, 2.45) is 5.92 Å². The van der Waals surface area contributed by atoms with Crippen LogP contribution in [0.15, 0.2) is 28.7 Å². The van der Waals surface area contributed by atoms with E-state index in [0.29, 0.717) is 31.4 Å². The highest BCUT2D eigenvalue weighted by Gasteiger charge is 2.28. The molecule has 1 unspecified atom stereocenters. The molecule has 0 amide bonds. The Bertz CT molecular complexity index is 912. The minimum atomic E-state index is -0.505. The van der Waals surface area contributed by atoms with Crippen LogP contribution in [0.4, 0.5) is 0 Å². The third-order valence-electron chi connectivity index (χ3n) is 6.14. The van der Waals surface area contributed by atoms with Crippen LogP contribution in [0.25, 0.3) is 11.5 Å². The third-order valence-corrected chi connectivity index (χ3v) is 6.14. The van der Waals surface area contributed by atoms with Crippen LogP contribution in [-0.2, 0) is 25.6 Å². The van der Waals surface area contributed by atoms with Gasteiger partial charge < -0.3 is 18.6 Å². The summed E-state index contributed by atoms with van der Waals surface area (Å²) < 4.78 is 23.7. The fourth-order valence-corrected chi connectivity index (χ4v) is 4.27. The first kappa shape index (κ1) is 26.4. The zero-order valence-corrected chi connectivity index (χ0v) is 21.7. The summed E-state index contributed by atoms with van der Waals surface area (Å²) in [5.74, 6) is 1.55. The summed E-state index contributed by atoms with van der Waals surface area (Å²) in [4.78, 5) is 17.2. The van der Waals surface area contributed by atoms with Gasteiger partial charge in [-0.2, -0.15) is 0 Å². The van der Waals surface area contributed by atoms with Gasteiger partial charge in [0.15, 0.2) is 6.10 Å². The van der Waals surface area contributed by atoms with Crippen molar-refractivity contribution in [3.05, 3.63) is 41.3 Å². The SMILES string of the molecule is CCCC(OC[C@H]1CCC[C@@H](OCc2nc(-c3ccc(C)cc3)oc2C)C1)C(=O)OC(C)(C)C. The topological polar surface area (TPSA) is 70.8 Å². The first-order valence-corrected chi connectivity index (χ1v) is 12.6. The van der Waals surface area contributed by atoms with Gasteiger partial charge in [0.05, 0.1) is 19.3 Å². The number of benzene rings is 1. The number of aromatic nitrogens is 1. The molecule has 3 atom stereocenters. The summed E-state index contributed by atoms with van der Waals surface area (Å²) in [5.41, 5.74) is 2.52. The molecule has 1 aromatic carbocycles. The Hall–Kier alpha value is -2.18. The van der Waals surface area contributed by atoms with Crippen LogP contribution in [0.1, 0.15) is 83.2 Å². The van der Waals surface area contributed by atoms with E-state index >= 15 is 0 Å². The molecule has 1 fully saturated rings. The molecule has 188 valence electrons. The zero-order chi connectivity index (χ0) is 24.7. The molecular weight excluding hydrogens is 430 g/mol. The van der Waals surface area contributed by atoms with E-state index in [1.165, 1.54) is 5.56 Å². The Morgan fingerprint density at radius 1 is 1.18 bits per heavy atom. The lowest BCUT2D eigenvalue weighted by atomic mass is 9.87. The van der Waals surface area contributed by atoms with Crippen molar-refractivity contribution in [3.8, 4) is 11.5 Å². The Morgan fingerprint density at radius 3 is 2.59 bits per heavy atom. The lowest BCUT2D eigenvalue weighted by Gasteiger charge is -2.30. The number of carbonyl (C=O) groups is 1. The molecule has 3 rings (SSSR count). The van der Waals surface area contributed by atoms with Crippen molar-refractivity contribution >= 4 is 5.97 Å². The van der Waals surface area contributed by atoms with Crippen LogP contribution in [0.2, 0.25) is 0 Å². The van der Waals surface area contributed by atoms with Gasteiger partial charge in [0.25, 0.3) is 0 Å². The van der Waals surface area contributed by atoms with Crippen LogP contribution in [0, 0.1) is 19.8 Å². The number of nitrogens with zero attached hydrogens (tertiary/aromatic N) is 1. The average Bonchev–Trinajstić information content (AvgIpc) is 3.15. The molecule has 1 saturated carbocycles. The van der Waals surface area contributed by atoms with Gasteiger partial charge in [0.2, 0.25) is 5.89 Å². The largest absolute Gasteiger partial charge is 0.458 e. The molecule has 6 heteroatoms. The molecular formula is C28H41NO5. The molecule has 2 aromatic rings. The summed E-state index contributed by atoms with van der Waals surface area (Å²) in [6.07, 6.45) is 5.36. The van der Waals surface area contributed by atoms with Gasteiger partial charge >= 0.3 is 5.97 Å². The first-order chi connectivity index (χ1) is 16.1. The molecule has 1 aliphatic rings. The van der Waals surface area contributed by atoms with Crippen LogP contribution in [-0.4, -0.2) is 35.4 Å². The predicted octanol–water partition coefficient (Wildman–Crippen LogP) is 6.56. The minimum Gasteiger partial charge on any atom is -0.458 e. The van der Waals surface area contributed by atoms with Crippen LogP contribution in [0.5, 0.6) is 0 Å². The fourth-order valence-electron chi connectivity index (χ4n) is 4.27. The summed E-state index contributed by atoms with van der Waals surface area (Å²) >= 11 is 0. The van der Waals surface area contributed by atoms with Gasteiger partial charge in [-0.1, -0.05) is 37.5 Å². The number of carbonyl (C=O) groups excluding carboxylic acids is 1. The molecule has 0 bridgehead atoms. The number of hydrogen-bond acceptors (Lipinski definition) is 6. The fraction of sp³-hybridized carbons (Fsp3) is 0.643. The van der Waals surface area contributed by atoms with E-state index in [2.05, 4.69) is 31.0 Å². The molecule has 0 aliphatic heterocycles. The van der Waals surface area contributed by atoms with Crippen molar-refractivity contribution in [2.75, 3.05) is 6.61 Å². The van der Waals surface area contributed by atoms with Crippen molar-refractivity contribution in [3.63, 3.8) is 0 Å². The van der Waals surface area contributed by atoms with Gasteiger partial charge in [0, 0.05) is 5.56 Å². The van der Waals surface area contributed by atoms with Gasteiger partial charge in [-0.15, -0.1) is 0 Å². The highest BCUT2D eigenvalue weighted by Crippen LogP contribution is 2.29. The second-order valence-electron chi connectivity index (χ2n) is 10.5. The number of esters is 1. The Kier molecular flexibility index (Phi) is 9.31. The van der Waals surface area contributed by atoms with Gasteiger partial charge in [0.1, 0.15) is 17.1 Å². The van der Waals surface area contributed by atoms with Gasteiger partial charge in [-0.25, -0.2) is 9.78 Å². The standard InChI is InChI=1S/C28H41NO5/c1-7-9-25(27(30)34-28(4,5)6)32-17-21-10-8-11-23(16-21)31-18-24-20(3)33-26(29-24)22-14-12-19(2)13-15-22/h12-15,21,23,25H,7-11,16-18H2,1-6H3/t21-,23+,25?/m0/s1. The Labute approximate surface area is 204 Å². The summed E-state index contributed by atoms with van der Waals surface area (Å²) in [6, 6.07) is 8.17. The van der Waals surface area contributed by atoms with E-state index in [9.17, 15) is 4.79 Å². The monoisotopic (exact) mass is 471 g/mol. The van der Waals surface area contributed by atoms with Crippen molar-refractivity contribution in [1.82, 2.24) is 4.98 Å². The molecule has 0 saturated heterocycles. The van der Waals surface area contributed by atoms with E-state index in [0.717, 1.165) is 49.1 Å². The van der Waals surface area contributed by atoms with Crippen LogP contribution >= 0.6 is 0 Å². The van der Waals surface area contributed by atoms with E-state index in [4.69, 9.17) is 18.6 Å². The smallest absolute Gasteiger partial charge is 0.335 e. The number of hydrogen-bond donors (Lipinski definition) is 0. The lowest BCUT2D eigenvalue weighted by molar-refractivity contribution is -0.170. The maximum atomic E-state index is 12.5. The molecule has 0 radical (unpaired) electrons. The number of ether oxygens (including phenoxy) is 3. The number of aryl methyl sites for hydroxylation is 2. The van der Waals surface area contributed by atoms with E-state index in [1.54, 1.807) is 0 Å². The first-order valence-electron chi connectivity index (χ1n) is 12.6. The molecule has 6 nitrogen and oxygen atoms in total. The second-order valence-corrected chi connectivity index (χ2v) is 10.5. The van der Waals surface area contributed by atoms with Crippen molar-refractivity contribution < 1.29 is 23.4 Å². The normalized spacial score (nSPS) is 19.7. The highest BCUT2D eigenvalue weighted by molar-refractivity contribution is 5.75. The summed E-state index contributed by atoms with van der Waals surface area (Å²) in [7, 11) is 0. The van der Waals surface area contributed by atoms with E-state index < -0.39 is 11.7 Å². The van der Waals surface area contributed by atoms with Crippen molar-refractivity contribution in [2.45, 2.75) is 104 Å².